The second-order valence-electron chi connectivity index (χ2n) is 7.71. The lowest BCUT2D eigenvalue weighted by Gasteiger charge is -2.18. The lowest BCUT2D eigenvalue weighted by molar-refractivity contribution is 0.0774. The molecule has 1 heterocycles. The zero-order valence-electron chi connectivity index (χ0n) is 16.7. The Morgan fingerprint density at radius 2 is 1.93 bits per heavy atom. The maximum Gasteiger partial charge on any atom is 0.271 e. The molecule has 5 nitrogen and oxygen atoms in total. The van der Waals surface area contributed by atoms with E-state index >= 15 is 0 Å². The minimum absolute atomic E-state index is 0.176. The van der Waals surface area contributed by atoms with Gasteiger partial charge in [-0.05, 0) is 34.5 Å². The Morgan fingerprint density at radius 1 is 1.26 bits per heavy atom. The van der Waals surface area contributed by atoms with Gasteiger partial charge < -0.3 is 19.4 Å². The molecule has 0 saturated heterocycles. The zero-order chi connectivity index (χ0) is 20.0. The van der Waals surface area contributed by atoms with Crippen molar-refractivity contribution < 1.29 is 14.3 Å². The molecular formula is C20H29BrN2O3Si. The van der Waals surface area contributed by atoms with Crippen molar-refractivity contribution in [3.8, 4) is 5.75 Å². The van der Waals surface area contributed by atoms with Crippen LogP contribution in [0.3, 0.4) is 0 Å². The smallest absolute Gasteiger partial charge is 0.271 e. The molecule has 7 heteroatoms. The van der Waals surface area contributed by atoms with Gasteiger partial charge in [0.15, 0.2) is 11.4 Å². The molecule has 0 radical (unpaired) electrons. The molecule has 1 aromatic heterocycles. The van der Waals surface area contributed by atoms with E-state index in [1.54, 1.807) is 11.6 Å². The third-order valence-corrected chi connectivity index (χ3v) is 6.60. The molecule has 0 spiro atoms. The summed E-state index contributed by atoms with van der Waals surface area (Å²) >= 11 is 3.53. The van der Waals surface area contributed by atoms with Gasteiger partial charge in [-0.25, -0.2) is 0 Å². The number of nitrogens with one attached hydrogen (secondary N) is 1. The molecule has 0 unspecified atom stereocenters. The van der Waals surface area contributed by atoms with Crippen molar-refractivity contribution in [2.75, 3.05) is 13.7 Å². The Balaban J connectivity index is 2.18. The van der Waals surface area contributed by atoms with Crippen LogP contribution in [0, 0.1) is 0 Å². The van der Waals surface area contributed by atoms with Gasteiger partial charge in [0.25, 0.3) is 5.91 Å². The summed E-state index contributed by atoms with van der Waals surface area (Å²) in [5.41, 5.74) is 1.51. The highest BCUT2D eigenvalue weighted by atomic mass is 79.9. The lowest BCUT2D eigenvalue weighted by Crippen LogP contribution is -2.25. The first-order valence-corrected chi connectivity index (χ1v) is 13.6. The maximum absolute atomic E-state index is 12.5. The largest absolute Gasteiger partial charge is 0.484 e. The number of carbonyl (C=O) groups excluding carboxylic acids is 1. The Labute approximate surface area is 171 Å². The molecule has 0 bridgehead atoms. The minimum Gasteiger partial charge on any atom is -0.484 e. The van der Waals surface area contributed by atoms with E-state index in [0.717, 1.165) is 16.2 Å². The van der Waals surface area contributed by atoms with Gasteiger partial charge in [0.05, 0.1) is 4.60 Å². The number of hydrogen-bond acceptors (Lipinski definition) is 3. The molecule has 0 aliphatic carbocycles. The summed E-state index contributed by atoms with van der Waals surface area (Å²) in [7, 11) is 0.460. The molecule has 2 rings (SSSR count). The van der Waals surface area contributed by atoms with Crippen molar-refractivity contribution >= 4 is 29.9 Å². The summed E-state index contributed by atoms with van der Waals surface area (Å²) in [5, 5.41) is 2.69. The number of halogens is 1. The predicted molar refractivity (Wildman–Crippen MR) is 115 cm³/mol. The van der Waals surface area contributed by atoms with Gasteiger partial charge in [-0.3, -0.25) is 4.79 Å². The van der Waals surface area contributed by atoms with E-state index in [9.17, 15) is 4.79 Å². The molecule has 1 N–H and O–H groups in total. The van der Waals surface area contributed by atoms with Crippen LogP contribution in [0.4, 0.5) is 0 Å². The summed E-state index contributed by atoms with van der Waals surface area (Å²) in [4.78, 5) is 12.5. The number of carbonyl (C=O) groups is 1. The lowest BCUT2D eigenvalue weighted by atomic mass is 10.1. The molecule has 0 aliphatic heterocycles. The summed E-state index contributed by atoms with van der Waals surface area (Å²) in [6, 6.07) is 12.8. The van der Waals surface area contributed by atoms with Crippen molar-refractivity contribution in [2.45, 2.75) is 45.4 Å². The van der Waals surface area contributed by atoms with Crippen molar-refractivity contribution in [1.82, 2.24) is 9.88 Å². The molecule has 2 aromatic rings. The Morgan fingerprint density at radius 3 is 2.52 bits per heavy atom. The van der Waals surface area contributed by atoms with Crippen LogP contribution in [0.25, 0.3) is 0 Å². The third kappa shape index (κ3) is 6.22. The summed E-state index contributed by atoms with van der Waals surface area (Å²) in [6.07, 6.45) is -0.176. The number of ether oxygens (including phenoxy) is 2. The monoisotopic (exact) mass is 452 g/mol. The van der Waals surface area contributed by atoms with Crippen molar-refractivity contribution in [3.63, 3.8) is 0 Å². The maximum atomic E-state index is 12.5. The predicted octanol–water partition coefficient (Wildman–Crippen LogP) is 5.06. The number of aromatic nitrogens is 1. The minimum atomic E-state index is -1.16. The van der Waals surface area contributed by atoms with Gasteiger partial charge in [0.2, 0.25) is 0 Å². The Kier molecular flexibility index (Phi) is 7.70. The quantitative estimate of drug-likeness (QED) is 0.427. The van der Waals surface area contributed by atoms with Crippen LogP contribution in [-0.4, -0.2) is 32.2 Å². The van der Waals surface area contributed by atoms with Gasteiger partial charge in [0.1, 0.15) is 12.8 Å². The van der Waals surface area contributed by atoms with Gasteiger partial charge >= 0.3 is 0 Å². The normalized spacial score (nSPS) is 12.7. The number of amides is 1. The highest BCUT2D eigenvalue weighted by molar-refractivity contribution is 9.10. The Bertz CT molecular complexity index is 757. The molecular weight excluding hydrogens is 424 g/mol. The van der Waals surface area contributed by atoms with Crippen molar-refractivity contribution in [3.05, 3.63) is 52.3 Å². The summed E-state index contributed by atoms with van der Waals surface area (Å²) < 4.78 is 14.5. The van der Waals surface area contributed by atoms with E-state index in [0.29, 0.717) is 24.8 Å². The third-order valence-electron chi connectivity index (χ3n) is 4.24. The molecule has 1 aromatic carbocycles. The first kappa shape index (κ1) is 21.7. The average molecular weight is 453 g/mol. The first-order chi connectivity index (χ1) is 12.7. The average Bonchev–Trinajstić information content (AvgIpc) is 2.93. The van der Waals surface area contributed by atoms with E-state index in [4.69, 9.17) is 9.47 Å². The van der Waals surface area contributed by atoms with E-state index in [-0.39, 0.29) is 12.0 Å². The molecule has 27 heavy (non-hydrogen) atoms. The summed E-state index contributed by atoms with van der Waals surface area (Å²) in [6.45, 7) is 9.90. The summed E-state index contributed by atoms with van der Waals surface area (Å²) in [5.74, 6) is 0.330. The number of rotatable bonds is 9. The molecule has 0 aliphatic rings. The van der Waals surface area contributed by atoms with Crippen molar-refractivity contribution in [2.24, 2.45) is 0 Å². The van der Waals surface area contributed by atoms with Crippen LogP contribution < -0.4 is 10.1 Å². The van der Waals surface area contributed by atoms with E-state index in [2.05, 4.69) is 40.9 Å². The van der Waals surface area contributed by atoms with E-state index in [1.165, 1.54) is 0 Å². The van der Waals surface area contributed by atoms with Crippen LogP contribution in [0.15, 0.2) is 41.0 Å². The van der Waals surface area contributed by atoms with Gasteiger partial charge in [-0.2, -0.15) is 0 Å². The molecule has 0 fully saturated rings. The number of nitrogens with zero attached hydrogens (tertiary/aromatic N) is 1. The highest BCUT2D eigenvalue weighted by Gasteiger charge is 2.23. The topological polar surface area (TPSA) is 52.5 Å². The van der Waals surface area contributed by atoms with Gasteiger partial charge in [-0.15, -0.1) is 0 Å². The number of hydrogen-bond donors (Lipinski definition) is 1. The van der Waals surface area contributed by atoms with Crippen LogP contribution in [-0.2, 0) is 11.5 Å². The van der Waals surface area contributed by atoms with Crippen molar-refractivity contribution in [1.29, 1.82) is 0 Å². The SMILES string of the molecule is CNC(=O)c1c(O[C@@H](C)c2ccccc2)cc(Br)n1COCC[Si](C)(C)C. The van der Waals surface area contributed by atoms with Crippen LogP contribution in [0.1, 0.15) is 29.1 Å². The van der Waals surface area contributed by atoms with Crippen LogP contribution in [0.2, 0.25) is 25.7 Å². The first-order valence-electron chi connectivity index (χ1n) is 9.13. The zero-order valence-corrected chi connectivity index (χ0v) is 19.3. The second kappa shape index (κ2) is 9.57. The highest BCUT2D eigenvalue weighted by Crippen LogP contribution is 2.31. The fourth-order valence-electron chi connectivity index (χ4n) is 2.58. The van der Waals surface area contributed by atoms with Crippen LogP contribution >= 0.6 is 15.9 Å². The molecule has 148 valence electrons. The fourth-order valence-corrected chi connectivity index (χ4v) is 3.82. The van der Waals surface area contributed by atoms with E-state index in [1.807, 2.05) is 43.3 Å². The fraction of sp³-hybridized carbons (Fsp3) is 0.450. The van der Waals surface area contributed by atoms with Gasteiger partial charge in [0, 0.05) is 27.8 Å². The molecule has 0 saturated carbocycles. The van der Waals surface area contributed by atoms with Crippen LogP contribution in [0.5, 0.6) is 5.75 Å². The Hall–Kier alpha value is -1.57. The van der Waals surface area contributed by atoms with Gasteiger partial charge in [-0.1, -0.05) is 50.0 Å². The molecule has 1 amide bonds. The second-order valence-corrected chi connectivity index (χ2v) is 14.1. The van der Waals surface area contributed by atoms with E-state index < -0.39 is 8.07 Å². The number of benzene rings is 1. The molecule has 1 atom stereocenters. The standard InChI is InChI=1S/C20H29BrN2O3Si/c1-15(16-9-7-6-8-10-16)26-17-13-18(21)23(19(17)20(24)22-2)14-25-11-12-27(3,4)5/h6-10,13,15H,11-12,14H2,1-5H3,(H,22,24)/t15-/m0/s1.